The van der Waals surface area contributed by atoms with Crippen LogP contribution in [0, 0.1) is 0 Å². The number of thiophene rings is 1. The highest BCUT2D eigenvalue weighted by molar-refractivity contribution is 7.10. The third-order valence-corrected chi connectivity index (χ3v) is 2.88. The Kier molecular flexibility index (Phi) is 5.34. The first-order chi connectivity index (χ1) is 8.03. The van der Waals surface area contributed by atoms with E-state index in [-0.39, 0.29) is 19.1 Å². The maximum Gasteiger partial charge on any atom is 0.244 e. The van der Waals surface area contributed by atoms with Gasteiger partial charge in [0.2, 0.25) is 5.91 Å². The molecule has 94 valence electrons. The molecule has 1 aromatic heterocycles. The van der Waals surface area contributed by atoms with Crippen LogP contribution in [0.1, 0.15) is 11.8 Å². The van der Waals surface area contributed by atoms with Gasteiger partial charge in [-0.05, 0) is 24.4 Å². The molecule has 1 amide bonds. The number of hydrogen-bond acceptors (Lipinski definition) is 4. The number of hydrogen-bond donors (Lipinski definition) is 2. The van der Waals surface area contributed by atoms with Crippen molar-refractivity contribution in [1.82, 2.24) is 5.32 Å². The van der Waals surface area contributed by atoms with E-state index >= 15 is 0 Å². The molecule has 1 atom stereocenters. The van der Waals surface area contributed by atoms with Crippen molar-refractivity contribution in [1.29, 1.82) is 0 Å². The lowest BCUT2D eigenvalue weighted by Gasteiger charge is -2.21. The third kappa shape index (κ3) is 5.63. The molecule has 1 heterocycles. The lowest BCUT2D eigenvalue weighted by Crippen LogP contribution is -2.43. The largest absolute Gasteiger partial charge is 0.386 e. The summed E-state index contributed by atoms with van der Waals surface area (Å²) in [7, 11) is 1.51. The van der Waals surface area contributed by atoms with E-state index in [1.165, 1.54) is 13.2 Å². The molecule has 0 saturated heterocycles. The van der Waals surface area contributed by atoms with Crippen molar-refractivity contribution in [3.8, 4) is 0 Å². The van der Waals surface area contributed by atoms with Crippen LogP contribution in [-0.2, 0) is 9.53 Å². The van der Waals surface area contributed by atoms with Gasteiger partial charge in [0.15, 0.2) is 0 Å². The zero-order chi connectivity index (χ0) is 12.7. The molecular formula is C12H17NO3S. The van der Waals surface area contributed by atoms with Gasteiger partial charge in [-0.15, -0.1) is 11.3 Å². The van der Waals surface area contributed by atoms with Crippen LogP contribution < -0.4 is 5.32 Å². The first-order valence-electron chi connectivity index (χ1n) is 5.24. The van der Waals surface area contributed by atoms with Crippen LogP contribution in [0.4, 0.5) is 0 Å². The predicted molar refractivity (Wildman–Crippen MR) is 68.9 cm³/mol. The van der Waals surface area contributed by atoms with Crippen LogP contribution in [0.15, 0.2) is 23.6 Å². The van der Waals surface area contributed by atoms with Crippen molar-refractivity contribution in [3.05, 3.63) is 28.5 Å². The van der Waals surface area contributed by atoms with Gasteiger partial charge in [-0.2, -0.15) is 0 Å². The quantitative estimate of drug-likeness (QED) is 0.753. The zero-order valence-electron chi connectivity index (χ0n) is 9.97. The van der Waals surface area contributed by atoms with Crippen LogP contribution in [0.2, 0.25) is 0 Å². The molecule has 0 radical (unpaired) electrons. The van der Waals surface area contributed by atoms with Crippen molar-refractivity contribution in [2.75, 3.05) is 20.3 Å². The van der Waals surface area contributed by atoms with Crippen LogP contribution in [0.3, 0.4) is 0 Å². The van der Waals surface area contributed by atoms with Crippen LogP contribution in [0.5, 0.6) is 0 Å². The van der Waals surface area contributed by atoms with Gasteiger partial charge in [0.05, 0.1) is 6.61 Å². The number of aliphatic hydroxyl groups is 1. The van der Waals surface area contributed by atoms with Crippen LogP contribution in [-0.4, -0.2) is 36.9 Å². The molecule has 17 heavy (non-hydrogen) atoms. The van der Waals surface area contributed by atoms with E-state index in [0.29, 0.717) is 0 Å². The van der Waals surface area contributed by atoms with Crippen molar-refractivity contribution < 1.29 is 14.6 Å². The molecule has 0 aliphatic rings. The Bertz CT molecular complexity index is 371. The molecule has 0 bridgehead atoms. The summed E-state index contributed by atoms with van der Waals surface area (Å²) in [6.07, 6.45) is 3.19. The van der Waals surface area contributed by atoms with Gasteiger partial charge >= 0.3 is 0 Å². The van der Waals surface area contributed by atoms with Gasteiger partial charge in [-0.3, -0.25) is 4.79 Å². The highest BCUT2D eigenvalue weighted by Crippen LogP contribution is 2.09. The maximum atomic E-state index is 11.4. The Labute approximate surface area is 105 Å². The topological polar surface area (TPSA) is 58.6 Å². The van der Waals surface area contributed by atoms with Gasteiger partial charge in [0, 0.05) is 24.6 Å². The molecule has 0 fully saturated rings. The van der Waals surface area contributed by atoms with Gasteiger partial charge < -0.3 is 15.2 Å². The third-order valence-electron chi connectivity index (χ3n) is 2.04. The highest BCUT2D eigenvalue weighted by Gasteiger charge is 2.20. The first kappa shape index (κ1) is 13.9. The molecule has 1 aromatic rings. The lowest BCUT2D eigenvalue weighted by atomic mass is 10.1. The average molecular weight is 255 g/mol. The number of carbonyl (C=O) groups excluding carboxylic acids is 1. The molecule has 0 aromatic carbocycles. The van der Waals surface area contributed by atoms with E-state index in [2.05, 4.69) is 5.32 Å². The normalized spacial score (nSPS) is 14.8. The van der Waals surface area contributed by atoms with Crippen LogP contribution in [0.25, 0.3) is 6.08 Å². The summed E-state index contributed by atoms with van der Waals surface area (Å²) < 4.78 is 4.84. The van der Waals surface area contributed by atoms with Gasteiger partial charge in [0.25, 0.3) is 0 Å². The SMILES string of the molecule is COCC(C)(O)CNC(=O)C=Cc1cccs1. The summed E-state index contributed by atoms with van der Waals surface area (Å²) >= 11 is 1.56. The molecule has 2 N–H and O–H groups in total. The monoisotopic (exact) mass is 255 g/mol. The van der Waals surface area contributed by atoms with E-state index in [9.17, 15) is 9.90 Å². The second kappa shape index (κ2) is 6.54. The summed E-state index contributed by atoms with van der Waals surface area (Å²) in [6.45, 7) is 1.95. The van der Waals surface area contributed by atoms with Gasteiger partial charge in [-0.1, -0.05) is 6.07 Å². The fraction of sp³-hybridized carbons (Fsp3) is 0.417. The maximum absolute atomic E-state index is 11.4. The van der Waals surface area contributed by atoms with E-state index in [1.54, 1.807) is 24.3 Å². The number of amides is 1. The molecule has 1 unspecified atom stereocenters. The van der Waals surface area contributed by atoms with Crippen molar-refractivity contribution in [2.45, 2.75) is 12.5 Å². The number of methoxy groups -OCH3 is 1. The number of nitrogens with one attached hydrogen (secondary N) is 1. The Balaban J connectivity index is 2.35. The summed E-state index contributed by atoms with van der Waals surface area (Å²) in [6, 6.07) is 3.85. The smallest absolute Gasteiger partial charge is 0.244 e. The molecule has 0 aliphatic heterocycles. The van der Waals surface area contributed by atoms with E-state index in [1.807, 2.05) is 17.5 Å². The minimum Gasteiger partial charge on any atom is -0.386 e. The zero-order valence-corrected chi connectivity index (χ0v) is 10.8. The lowest BCUT2D eigenvalue weighted by molar-refractivity contribution is -0.118. The molecule has 4 nitrogen and oxygen atoms in total. The molecule has 1 rings (SSSR count). The highest BCUT2D eigenvalue weighted by atomic mass is 32.1. The van der Waals surface area contributed by atoms with Crippen molar-refractivity contribution in [3.63, 3.8) is 0 Å². The second-order valence-electron chi connectivity index (χ2n) is 4.00. The average Bonchev–Trinajstić information content (AvgIpc) is 2.76. The van der Waals surface area contributed by atoms with Crippen molar-refractivity contribution in [2.24, 2.45) is 0 Å². The fourth-order valence-corrected chi connectivity index (χ4v) is 1.86. The molecule has 5 heteroatoms. The molecular weight excluding hydrogens is 238 g/mol. The van der Waals surface area contributed by atoms with Crippen molar-refractivity contribution >= 4 is 23.3 Å². The minimum absolute atomic E-state index is 0.161. The summed E-state index contributed by atoms with van der Waals surface area (Å²) in [5.74, 6) is -0.227. The number of rotatable bonds is 6. The van der Waals surface area contributed by atoms with Crippen LogP contribution >= 0.6 is 11.3 Å². The Morgan fingerprint density at radius 1 is 1.71 bits per heavy atom. The van der Waals surface area contributed by atoms with Gasteiger partial charge in [0.1, 0.15) is 5.60 Å². The van der Waals surface area contributed by atoms with E-state index in [4.69, 9.17) is 4.74 Å². The Morgan fingerprint density at radius 3 is 3.06 bits per heavy atom. The molecule has 0 saturated carbocycles. The summed E-state index contributed by atoms with van der Waals surface area (Å²) in [5, 5.41) is 14.3. The standard InChI is InChI=1S/C12H17NO3S/c1-12(15,9-16-2)8-13-11(14)6-5-10-4-3-7-17-10/h3-7,15H,8-9H2,1-2H3,(H,13,14). The van der Waals surface area contributed by atoms with Gasteiger partial charge in [-0.25, -0.2) is 0 Å². The number of carbonyl (C=O) groups is 1. The van der Waals surface area contributed by atoms with E-state index in [0.717, 1.165) is 4.88 Å². The fourth-order valence-electron chi connectivity index (χ4n) is 1.24. The molecule has 0 aliphatic carbocycles. The first-order valence-corrected chi connectivity index (χ1v) is 6.12. The number of ether oxygens (including phenoxy) is 1. The Morgan fingerprint density at radius 2 is 2.47 bits per heavy atom. The Hall–Kier alpha value is -1.17. The van der Waals surface area contributed by atoms with E-state index < -0.39 is 5.60 Å². The minimum atomic E-state index is -1.04. The summed E-state index contributed by atoms with van der Waals surface area (Å²) in [4.78, 5) is 12.5. The predicted octanol–water partition coefficient (Wildman–Crippen LogP) is 1.27. The molecule has 0 spiro atoms. The summed E-state index contributed by atoms with van der Waals surface area (Å²) in [5.41, 5.74) is -1.04. The second-order valence-corrected chi connectivity index (χ2v) is 4.98.